The summed E-state index contributed by atoms with van der Waals surface area (Å²) in [5.41, 5.74) is 1.16. The van der Waals surface area contributed by atoms with Crippen LogP contribution in [0, 0.1) is 5.92 Å². The second-order valence-corrected chi connectivity index (χ2v) is 10.4. The second-order valence-electron chi connectivity index (χ2n) is 7.89. The highest BCUT2D eigenvalue weighted by Crippen LogP contribution is 2.30. The maximum absolute atomic E-state index is 13.0. The molecule has 0 aliphatic heterocycles. The molecule has 0 heterocycles. The lowest BCUT2D eigenvalue weighted by atomic mass is 9.89. The average Bonchev–Trinajstić information content (AvgIpc) is 2.66. The summed E-state index contributed by atoms with van der Waals surface area (Å²) in [5.74, 6) is 0.692. The Morgan fingerprint density at radius 2 is 2.04 bits per heavy atom. The highest BCUT2D eigenvalue weighted by molar-refractivity contribution is 7.86. The summed E-state index contributed by atoms with van der Waals surface area (Å²) in [6.07, 6.45) is 17.4. The van der Waals surface area contributed by atoms with Crippen LogP contribution in [-0.4, -0.2) is 46.0 Å². The molecule has 1 aliphatic carbocycles. The van der Waals surface area contributed by atoms with Gasteiger partial charge in [0.1, 0.15) is 6.29 Å². The zero-order chi connectivity index (χ0) is 21.0. The van der Waals surface area contributed by atoms with Crippen LogP contribution in [0.25, 0.3) is 0 Å². The lowest BCUT2D eigenvalue weighted by molar-refractivity contribution is -0.108. The van der Waals surface area contributed by atoms with Crippen LogP contribution in [0.4, 0.5) is 0 Å². The van der Waals surface area contributed by atoms with E-state index in [0.29, 0.717) is 12.2 Å². The van der Waals surface area contributed by atoms with Crippen molar-refractivity contribution < 1.29 is 9.00 Å². The number of halogens is 1. The molecule has 28 heavy (non-hydrogen) atoms. The van der Waals surface area contributed by atoms with Gasteiger partial charge in [-0.25, -0.2) is 0 Å². The molecule has 0 aromatic rings. The molecule has 3 nitrogen and oxygen atoms in total. The van der Waals surface area contributed by atoms with Crippen LogP contribution < -0.4 is 0 Å². The summed E-state index contributed by atoms with van der Waals surface area (Å²) < 4.78 is 12.6. The van der Waals surface area contributed by atoms with Crippen LogP contribution in [0.3, 0.4) is 0 Å². The fourth-order valence-corrected chi connectivity index (χ4v) is 4.83. The van der Waals surface area contributed by atoms with E-state index in [4.69, 9.17) is 11.6 Å². The van der Waals surface area contributed by atoms with Gasteiger partial charge in [0, 0.05) is 45.8 Å². The fourth-order valence-electron chi connectivity index (χ4n) is 3.32. The Morgan fingerprint density at radius 1 is 1.32 bits per heavy atom. The van der Waals surface area contributed by atoms with Crippen molar-refractivity contribution in [2.45, 2.75) is 57.6 Å². The van der Waals surface area contributed by atoms with Crippen LogP contribution in [0.15, 0.2) is 47.1 Å². The Balaban J connectivity index is 2.79. The number of carbonyl (C=O) groups excluding carboxylic acids is 1. The van der Waals surface area contributed by atoms with Gasteiger partial charge in [-0.15, -0.1) is 0 Å². The number of likely N-dealkylation sites (N-methyl/N-ethyl adjacent to an activating group) is 1. The Kier molecular flexibility index (Phi) is 11.9. The number of hydrogen-bond acceptors (Lipinski definition) is 3. The van der Waals surface area contributed by atoms with Gasteiger partial charge in [0.25, 0.3) is 0 Å². The van der Waals surface area contributed by atoms with E-state index in [9.17, 15) is 9.00 Å². The standard InChI is InChI=1S/C23H36ClNO2S/c1-5-6-7-8-11-17-28(27)23(2,3)21(14-12-16-26)19-25(4)18-20-13-9-10-15-22(20)24/h6-9,11,13,16,21H,5,10,12,14-15,17-19H2,1-4H3/b7-6-,11-8-. The molecule has 2 atom stereocenters. The van der Waals surface area contributed by atoms with E-state index in [2.05, 4.69) is 50.9 Å². The molecule has 158 valence electrons. The van der Waals surface area contributed by atoms with Gasteiger partial charge in [-0.3, -0.25) is 4.21 Å². The molecule has 0 fully saturated rings. The third-order valence-corrected chi connectivity index (χ3v) is 7.67. The Bertz CT molecular complexity index is 635. The number of allylic oxidation sites excluding steroid dienone is 5. The van der Waals surface area contributed by atoms with Crippen molar-refractivity contribution in [1.29, 1.82) is 0 Å². The normalized spacial score (nSPS) is 17.8. The Hall–Kier alpha value is -0.970. The summed E-state index contributed by atoms with van der Waals surface area (Å²) in [4.78, 5) is 13.2. The van der Waals surface area contributed by atoms with Crippen molar-refractivity contribution in [3.63, 3.8) is 0 Å². The zero-order valence-electron chi connectivity index (χ0n) is 17.8. The highest BCUT2D eigenvalue weighted by atomic mass is 35.5. The monoisotopic (exact) mass is 425 g/mol. The first kappa shape index (κ1) is 25.1. The zero-order valence-corrected chi connectivity index (χ0v) is 19.4. The first-order valence-corrected chi connectivity index (χ1v) is 11.9. The van der Waals surface area contributed by atoms with Gasteiger partial charge >= 0.3 is 0 Å². The minimum absolute atomic E-state index is 0.162. The second kappa shape index (κ2) is 13.3. The van der Waals surface area contributed by atoms with Crippen molar-refractivity contribution in [3.8, 4) is 0 Å². The molecule has 0 bridgehead atoms. The van der Waals surface area contributed by atoms with Crippen molar-refractivity contribution in [2.75, 3.05) is 25.9 Å². The predicted molar refractivity (Wildman–Crippen MR) is 123 cm³/mol. The maximum atomic E-state index is 13.0. The van der Waals surface area contributed by atoms with Crippen LogP contribution in [0.1, 0.15) is 52.9 Å². The van der Waals surface area contributed by atoms with Gasteiger partial charge < -0.3 is 9.69 Å². The topological polar surface area (TPSA) is 37.4 Å². The smallest absolute Gasteiger partial charge is 0.120 e. The Labute approximate surface area is 179 Å². The number of nitrogens with zero attached hydrogens (tertiary/aromatic N) is 1. The number of carbonyl (C=O) groups is 1. The molecule has 1 aliphatic rings. The summed E-state index contributed by atoms with van der Waals surface area (Å²) in [6.45, 7) is 7.78. The number of aldehydes is 1. The summed E-state index contributed by atoms with van der Waals surface area (Å²) >= 11 is 6.37. The lowest BCUT2D eigenvalue weighted by Crippen LogP contribution is -2.43. The van der Waals surface area contributed by atoms with Gasteiger partial charge in [-0.1, -0.05) is 55.0 Å². The van der Waals surface area contributed by atoms with E-state index in [0.717, 1.165) is 55.7 Å². The lowest BCUT2D eigenvalue weighted by Gasteiger charge is -2.36. The molecule has 0 aromatic carbocycles. The largest absolute Gasteiger partial charge is 0.303 e. The van der Waals surface area contributed by atoms with Crippen LogP contribution in [0.2, 0.25) is 0 Å². The van der Waals surface area contributed by atoms with Gasteiger partial charge in [-0.05, 0) is 58.1 Å². The molecular weight excluding hydrogens is 390 g/mol. The molecule has 0 aromatic heterocycles. The third-order valence-electron chi connectivity index (χ3n) is 5.24. The summed E-state index contributed by atoms with van der Waals surface area (Å²) in [5, 5.41) is 0.937. The Morgan fingerprint density at radius 3 is 2.68 bits per heavy atom. The molecule has 1 rings (SSSR count). The van der Waals surface area contributed by atoms with E-state index < -0.39 is 10.8 Å². The maximum Gasteiger partial charge on any atom is 0.120 e. The third kappa shape index (κ3) is 8.59. The van der Waals surface area contributed by atoms with Gasteiger partial charge in [0.15, 0.2) is 0 Å². The number of rotatable bonds is 13. The molecule has 0 radical (unpaired) electrons. The van der Waals surface area contributed by atoms with Gasteiger partial charge in [0.05, 0.1) is 0 Å². The SMILES string of the molecule is CC/C=C\C=C/CS(=O)C(C)(C)C(CCC=O)CN(C)CC1=C(Cl)CCC=C1. The van der Waals surface area contributed by atoms with Crippen LogP contribution in [0.5, 0.6) is 0 Å². The van der Waals surface area contributed by atoms with E-state index in [1.807, 2.05) is 18.2 Å². The average molecular weight is 426 g/mol. The predicted octanol–water partition coefficient (Wildman–Crippen LogP) is 5.41. The highest BCUT2D eigenvalue weighted by Gasteiger charge is 2.35. The van der Waals surface area contributed by atoms with E-state index in [-0.39, 0.29) is 10.7 Å². The minimum atomic E-state index is -1.01. The van der Waals surface area contributed by atoms with E-state index in [1.54, 1.807) is 0 Å². The molecule has 0 amide bonds. The van der Waals surface area contributed by atoms with Crippen molar-refractivity contribution in [2.24, 2.45) is 5.92 Å². The van der Waals surface area contributed by atoms with Crippen molar-refractivity contribution in [3.05, 3.63) is 47.1 Å². The quantitative estimate of drug-likeness (QED) is 0.292. The minimum Gasteiger partial charge on any atom is -0.303 e. The van der Waals surface area contributed by atoms with Crippen molar-refractivity contribution in [1.82, 2.24) is 4.90 Å². The van der Waals surface area contributed by atoms with Gasteiger partial charge in [0.2, 0.25) is 0 Å². The molecule has 2 unspecified atom stereocenters. The fraction of sp³-hybridized carbons (Fsp3) is 0.609. The first-order valence-electron chi connectivity index (χ1n) is 10.2. The van der Waals surface area contributed by atoms with Crippen LogP contribution >= 0.6 is 11.6 Å². The molecule has 0 spiro atoms. The molecule has 0 N–H and O–H groups in total. The molecule has 0 saturated heterocycles. The van der Waals surface area contributed by atoms with Crippen LogP contribution in [-0.2, 0) is 15.6 Å². The molecule has 5 heteroatoms. The van der Waals surface area contributed by atoms with Gasteiger partial charge in [-0.2, -0.15) is 0 Å². The van der Waals surface area contributed by atoms with E-state index in [1.165, 1.54) is 0 Å². The van der Waals surface area contributed by atoms with E-state index >= 15 is 0 Å². The van der Waals surface area contributed by atoms with Crippen molar-refractivity contribution >= 4 is 28.7 Å². The first-order chi connectivity index (χ1) is 13.3. The number of hydrogen-bond donors (Lipinski definition) is 0. The molecule has 0 saturated carbocycles. The summed E-state index contributed by atoms with van der Waals surface area (Å²) in [6, 6.07) is 0. The molecular formula is C23H36ClNO2S. The summed E-state index contributed by atoms with van der Waals surface area (Å²) in [7, 11) is 1.06.